The highest BCUT2D eigenvalue weighted by molar-refractivity contribution is 5.76. The Kier molecular flexibility index (Phi) is 4.55. The van der Waals surface area contributed by atoms with Crippen LogP contribution in [0, 0.1) is 5.92 Å². The minimum absolute atomic E-state index is 0.242. The first-order chi connectivity index (χ1) is 12.3. The highest BCUT2D eigenvalue weighted by atomic mass is 16.7. The maximum atomic E-state index is 12.5. The summed E-state index contributed by atoms with van der Waals surface area (Å²) in [5.74, 6) is 2.35. The molecule has 0 radical (unpaired) electrons. The zero-order valence-corrected chi connectivity index (χ0v) is 14.2. The second-order valence-electron chi connectivity index (χ2n) is 6.75. The quantitative estimate of drug-likeness (QED) is 0.841. The molecule has 0 N–H and O–H groups in total. The summed E-state index contributed by atoms with van der Waals surface area (Å²) in [4.78, 5) is 18.7. The molecule has 1 atom stereocenters. The minimum Gasteiger partial charge on any atom is -0.454 e. The second kappa shape index (κ2) is 7.13. The number of carbonyl (C=O) groups is 1. The van der Waals surface area contributed by atoms with Gasteiger partial charge in [-0.3, -0.25) is 9.78 Å². The van der Waals surface area contributed by atoms with E-state index in [0.717, 1.165) is 49.4 Å². The zero-order valence-electron chi connectivity index (χ0n) is 14.2. The van der Waals surface area contributed by atoms with E-state index in [1.54, 1.807) is 6.20 Å². The van der Waals surface area contributed by atoms with Gasteiger partial charge in [-0.2, -0.15) is 0 Å². The molecule has 1 saturated heterocycles. The molecule has 1 amide bonds. The van der Waals surface area contributed by atoms with Crippen molar-refractivity contribution in [2.24, 2.45) is 5.92 Å². The monoisotopic (exact) mass is 338 g/mol. The van der Waals surface area contributed by atoms with Crippen LogP contribution < -0.4 is 9.47 Å². The summed E-state index contributed by atoms with van der Waals surface area (Å²) < 4.78 is 10.7. The summed E-state index contributed by atoms with van der Waals surface area (Å²) in [6.45, 7) is 2.00. The number of benzene rings is 1. The Morgan fingerprint density at radius 2 is 2.12 bits per heavy atom. The molecule has 3 heterocycles. The molecule has 1 unspecified atom stereocenters. The number of likely N-dealkylation sites (tertiary alicyclic amines) is 1. The molecule has 25 heavy (non-hydrogen) atoms. The lowest BCUT2D eigenvalue weighted by Crippen LogP contribution is -2.29. The van der Waals surface area contributed by atoms with Gasteiger partial charge in [0.2, 0.25) is 12.7 Å². The van der Waals surface area contributed by atoms with E-state index in [1.807, 2.05) is 35.4 Å². The molecule has 130 valence electrons. The number of aromatic nitrogens is 1. The van der Waals surface area contributed by atoms with Crippen LogP contribution in [0.1, 0.15) is 24.0 Å². The van der Waals surface area contributed by atoms with Gasteiger partial charge in [0.1, 0.15) is 0 Å². The lowest BCUT2D eigenvalue weighted by atomic mass is 10.00. The first-order valence-corrected chi connectivity index (χ1v) is 8.83. The van der Waals surface area contributed by atoms with Crippen LogP contribution in [0.2, 0.25) is 0 Å². The van der Waals surface area contributed by atoms with E-state index in [2.05, 4.69) is 11.1 Å². The molecule has 5 nitrogen and oxygen atoms in total. The van der Waals surface area contributed by atoms with Crippen molar-refractivity contribution in [2.75, 3.05) is 19.9 Å². The summed E-state index contributed by atoms with van der Waals surface area (Å²) in [6.07, 6.45) is 7.07. The smallest absolute Gasteiger partial charge is 0.231 e. The Morgan fingerprint density at radius 3 is 3.00 bits per heavy atom. The fraction of sp³-hybridized carbons (Fsp3) is 0.400. The van der Waals surface area contributed by atoms with E-state index >= 15 is 0 Å². The molecular formula is C20H22N2O3. The van der Waals surface area contributed by atoms with Crippen molar-refractivity contribution in [2.45, 2.75) is 25.7 Å². The summed E-state index contributed by atoms with van der Waals surface area (Å²) >= 11 is 0. The Balaban J connectivity index is 1.27. The standard InChI is InChI=1S/C20H22N2O3/c23-20(6-4-15-3-5-18-19(11-15)25-14-24-18)22-9-7-17(13-22)10-16-2-1-8-21-12-16/h1-3,5,8,11-12,17H,4,6-7,9-10,13-14H2. The van der Waals surface area contributed by atoms with Crippen LogP contribution in [0.25, 0.3) is 0 Å². The van der Waals surface area contributed by atoms with Crippen LogP contribution in [0.15, 0.2) is 42.7 Å². The Bertz CT molecular complexity index is 748. The second-order valence-corrected chi connectivity index (χ2v) is 6.75. The third-order valence-corrected chi connectivity index (χ3v) is 4.95. The van der Waals surface area contributed by atoms with Gasteiger partial charge in [0.05, 0.1) is 0 Å². The normalized spacial score (nSPS) is 18.6. The largest absolute Gasteiger partial charge is 0.454 e. The van der Waals surface area contributed by atoms with Gasteiger partial charge in [0.25, 0.3) is 0 Å². The van der Waals surface area contributed by atoms with E-state index in [1.165, 1.54) is 5.56 Å². The number of amides is 1. The zero-order chi connectivity index (χ0) is 17.1. The van der Waals surface area contributed by atoms with E-state index in [-0.39, 0.29) is 12.7 Å². The van der Waals surface area contributed by atoms with Crippen molar-refractivity contribution in [3.8, 4) is 11.5 Å². The van der Waals surface area contributed by atoms with Gasteiger partial charge in [-0.05, 0) is 54.5 Å². The number of hydrogen-bond acceptors (Lipinski definition) is 4. The van der Waals surface area contributed by atoms with Crippen LogP contribution in [0.3, 0.4) is 0 Å². The highest BCUT2D eigenvalue weighted by Gasteiger charge is 2.26. The predicted molar refractivity (Wildman–Crippen MR) is 93.5 cm³/mol. The summed E-state index contributed by atoms with van der Waals surface area (Å²) in [5.41, 5.74) is 2.37. The van der Waals surface area contributed by atoms with Crippen LogP contribution in [0.5, 0.6) is 11.5 Å². The van der Waals surface area contributed by atoms with Gasteiger partial charge in [0, 0.05) is 31.9 Å². The van der Waals surface area contributed by atoms with Gasteiger partial charge < -0.3 is 14.4 Å². The fourth-order valence-corrected chi connectivity index (χ4v) is 3.58. The lowest BCUT2D eigenvalue weighted by molar-refractivity contribution is -0.130. The number of ether oxygens (including phenoxy) is 2. The number of rotatable bonds is 5. The summed E-state index contributed by atoms with van der Waals surface area (Å²) in [6, 6.07) is 9.98. The van der Waals surface area contributed by atoms with Gasteiger partial charge >= 0.3 is 0 Å². The number of hydrogen-bond donors (Lipinski definition) is 0. The molecule has 0 bridgehead atoms. The number of fused-ring (bicyclic) bond motifs is 1. The minimum atomic E-state index is 0.242. The molecule has 5 heteroatoms. The highest BCUT2D eigenvalue weighted by Crippen LogP contribution is 2.33. The molecule has 1 fully saturated rings. The average Bonchev–Trinajstić information content (AvgIpc) is 3.29. The van der Waals surface area contributed by atoms with E-state index in [0.29, 0.717) is 12.3 Å². The Labute approximate surface area is 147 Å². The molecule has 4 rings (SSSR count). The number of aryl methyl sites for hydroxylation is 1. The van der Waals surface area contributed by atoms with E-state index in [4.69, 9.17) is 9.47 Å². The molecule has 2 aliphatic heterocycles. The van der Waals surface area contributed by atoms with Gasteiger partial charge in [0.15, 0.2) is 11.5 Å². The summed E-state index contributed by atoms with van der Waals surface area (Å²) in [5, 5.41) is 0. The fourth-order valence-electron chi connectivity index (χ4n) is 3.58. The van der Waals surface area contributed by atoms with Crippen molar-refractivity contribution in [1.82, 2.24) is 9.88 Å². The van der Waals surface area contributed by atoms with Gasteiger partial charge in [-0.25, -0.2) is 0 Å². The Hall–Kier alpha value is -2.56. The molecule has 2 aliphatic rings. The summed E-state index contributed by atoms with van der Waals surface area (Å²) in [7, 11) is 0. The van der Waals surface area contributed by atoms with Gasteiger partial charge in [-0.1, -0.05) is 12.1 Å². The van der Waals surface area contributed by atoms with Crippen molar-refractivity contribution < 1.29 is 14.3 Å². The molecular weight excluding hydrogens is 316 g/mol. The maximum Gasteiger partial charge on any atom is 0.231 e. The van der Waals surface area contributed by atoms with Crippen molar-refractivity contribution >= 4 is 5.91 Å². The topological polar surface area (TPSA) is 51.7 Å². The van der Waals surface area contributed by atoms with Crippen molar-refractivity contribution in [3.05, 3.63) is 53.9 Å². The number of nitrogens with zero attached hydrogens (tertiary/aromatic N) is 2. The average molecular weight is 338 g/mol. The van der Waals surface area contributed by atoms with Crippen LogP contribution in [0.4, 0.5) is 0 Å². The number of pyridine rings is 1. The molecule has 0 spiro atoms. The van der Waals surface area contributed by atoms with Crippen LogP contribution in [-0.4, -0.2) is 35.7 Å². The lowest BCUT2D eigenvalue weighted by Gasteiger charge is -2.16. The molecule has 1 aromatic carbocycles. The molecule has 1 aromatic heterocycles. The van der Waals surface area contributed by atoms with Crippen LogP contribution in [-0.2, 0) is 17.6 Å². The maximum absolute atomic E-state index is 12.5. The Morgan fingerprint density at radius 1 is 1.20 bits per heavy atom. The first-order valence-electron chi connectivity index (χ1n) is 8.83. The molecule has 2 aromatic rings. The van der Waals surface area contributed by atoms with Gasteiger partial charge in [-0.15, -0.1) is 0 Å². The van der Waals surface area contributed by atoms with Crippen molar-refractivity contribution in [1.29, 1.82) is 0 Å². The van der Waals surface area contributed by atoms with E-state index < -0.39 is 0 Å². The number of carbonyl (C=O) groups excluding carboxylic acids is 1. The predicted octanol–water partition coefficient (Wildman–Crippen LogP) is 2.83. The third kappa shape index (κ3) is 3.76. The van der Waals surface area contributed by atoms with Crippen LogP contribution >= 0.6 is 0 Å². The van der Waals surface area contributed by atoms with E-state index in [9.17, 15) is 4.79 Å². The third-order valence-electron chi connectivity index (χ3n) is 4.95. The first kappa shape index (κ1) is 15.9. The SMILES string of the molecule is O=C(CCc1ccc2c(c1)OCO2)N1CCC(Cc2cccnc2)C1. The molecule has 0 aliphatic carbocycles. The van der Waals surface area contributed by atoms with Crippen molar-refractivity contribution in [3.63, 3.8) is 0 Å². The molecule has 0 saturated carbocycles.